The maximum Gasteiger partial charge on any atom is 0.257 e. The second kappa shape index (κ2) is 7.50. The monoisotopic (exact) mass is 362 g/mol. The Morgan fingerprint density at radius 2 is 1.67 bits per heavy atom. The van der Waals surface area contributed by atoms with Gasteiger partial charge in [-0.2, -0.15) is 0 Å². The Kier molecular flexibility index (Phi) is 5.12. The molecule has 5 heteroatoms. The van der Waals surface area contributed by atoms with E-state index in [1.807, 2.05) is 51.1 Å². The number of anilines is 1. The first kappa shape index (κ1) is 18.5. The molecule has 27 heavy (non-hydrogen) atoms. The molecule has 0 atom stereocenters. The fraction of sp³-hybridized carbons (Fsp3) is 0.182. The Labute approximate surface area is 158 Å². The lowest BCUT2D eigenvalue weighted by Gasteiger charge is -2.14. The van der Waals surface area contributed by atoms with Crippen molar-refractivity contribution < 1.29 is 9.53 Å². The summed E-state index contributed by atoms with van der Waals surface area (Å²) in [5.41, 5.74) is 4.53. The Balaban J connectivity index is 2.01. The van der Waals surface area contributed by atoms with Crippen LogP contribution in [0.15, 0.2) is 59.5 Å². The number of ether oxygens (including phenoxy) is 1. The molecule has 0 fully saturated rings. The number of nitrogens with zero attached hydrogens (tertiary/aromatic N) is 1. The highest BCUT2D eigenvalue weighted by molar-refractivity contribution is 6.04. The van der Waals surface area contributed by atoms with Gasteiger partial charge in [-0.25, -0.2) is 0 Å². The number of aryl methyl sites for hydroxylation is 3. The van der Waals surface area contributed by atoms with Gasteiger partial charge in [-0.15, -0.1) is 0 Å². The molecular weight excluding hydrogens is 340 g/mol. The molecule has 2 aromatic carbocycles. The fourth-order valence-corrected chi connectivity index (χ4v) is 2.86. The molecule has 0 aliphatic rings. The predicted molar refractivity (Wildman–Crippen MR) is 107 cm³/mol. The highest BCUT2D eigenvalue weighted by atomic mass is 16.5. The lowest BCUT2D eigenvalue weighted by molar-refractivity contribution is 0.102. The number of rotatable bonds is 4. The number of nitrogens with one attached hydrogen (secondary N) is 1. The van der Waals surface area contributed by atoms with Crippen molar-refractivity contribution in [2.45, 2.75) is 20.8 Å². The van der Waals surface area contributed by atoms with Crippen LogP contribution in [0, 0.1) is 20.8 Å². The van der Waals surface area contributed by atoms with Gasteiger partial charge in [-0.05, 0) is 61.7 Å². The summed E-state index contributed by atoms with van der Waals surface area (Å²) in [5, 5.41) is 2.92. The van der Waals surface area contributed by atoms with Crippen molar-refractivity contribution in [1.82, 2.24) is 4.57 Å². The van der Waals surface area contributed by atoms with Crippen molar-refractivity contribution in [3.63, 3.8) is 0 Å². The second-order valence-electron chi connectivity index (χ2n) is 6.57. The molecule has 1 heterocycles. The molecular formula is C22H22N2O3. The Bertz CT molecular complexity index is 1070. The van der Waals surface area contributed by atoms with Crippen LogP contribution in [-0.2, 0) is 0 Å². The minimum atomic E-state index is -0.274. The first-order valence-electron chi connectivity index (χ1n) is 8.65. The standard InChI is InChI=1S/C22H22N2O3/c1-14-5-7-16(3)18(11-14)23-22(26)17-8-10-21(25)24(13-17)19-12-15(2)6-9-20(19)27-4/h5-13H,1-4H3,(H,23,26). The minimum absolute atomic E-state index is 0.234. The van der Waals surface area contributed by atoms with Gasteiger partial charge in [-0.1, -0.05) is 18.2 Å². The molecule has 0 aliphatic carbocycles. The largest absolute Gasteiger partial charge is 0.495 e. The van der Waals surface area contributed by atoms with E-state index in [0.717, 1.165) is 22.4 Å². The summed E-state index contributed by atoms with van der Waals surface area (Å²) in [6.45, 7) is 5.85. The van der Waals surface area contributed by atoms with Gasteiger partial charge in [0.25, 0.3) is 11.5 Å². The molecule has 0 radical (unpaired) electrons. The van der Waals surface area contributed by atoms with Gasteiger partial charge in [0.15, 0.2) is 0 Å². The minimum Gasteiger partial charge on any atom is -0.495 e. The normalized spacial score (nSPS) is 10.5. The number of pyridine rings is 1. The fourth-order valence-electron chi connectivity index (χ4n) is 2.86. The number of benzene rings is 2. The van der Waals surface area contributed by atoms with Crippen LogP contribution in [0.2, 0.25) is 0 Å². The number of methoxy groups -OCH3 is 1. The molecule has 5 nitrogen and oxygen atoms in total. The third-order valence-electron chi connectivity index (χ3n) is 4.41. The summed E-state index contributed by atoms with van der Waals surface area (Å²) in [4.78, 5) is 25.1. The molecule has 1 aromatic heterocycles. The van der Waals surface area contributed by atoms with Gasteiger partial charge in [0, 0.05) is 18.0 Å². The number of hydrogen-bond donors (Lipinski definition) is 1. The number of hydrogen-bond acceptors (Lipinski definition) is 3. The van der Waals surface area contributed by atoms with Crippen molar-refractivity contribution in [3.8, 4) is 11.4 Å². The van der Waals surface area contributed by atoms with Gasteiger partial charge >= 0.3 is 0 Å². The van der Waals surface area contributed by atoms with Crippen molar-refractivity contribution in [1.29, 1.82) is 0 Å². The molecule has 0 aliphatic heterocycles. The SMILES string of the molecule is COc1ccc(C)cc1-n1cc(C(=O)Nc2cc(C)ccc2C)ccc1=O. The first-order valence-corrected chi connectivity index (χ1v) is 8.65. The molecule has 0 spiro atoms. The van der Waals surface area contributed by atoms with Crippen molar-refractivity contribution >= 4 is 11.6 Å². The second-order valence-corrected chi connectivity index (χ2v) is 6.57. The van der Waals surface area contributed by atoms with E-state index in [-0.39, 0.29) is 11.5 Å². The third-order valence-corrected chi connectivity index (χ3v) is 4.41. The zero-order chi connectivity index (χ0) is 19.6. The zero-order valence-corrected chi connectivity index (χ0v) is 15.9. The lowest BCUT2D eigenvalue weighted by Crippen LogP contribution is -2.21. The van der Waals surface area contributed by atoms with E-state index in [9.17, 15) is 9.59 Å². The quantitative estimate of drug-likeness (QED) is 0.762. The van der Waals surface area contributed by atoms with Gasteiger partial charge in [0.2, 0.25) is 0 Å². The predicted octanol–water partition coefficient (Wildman–Crippen LogP) is 4.02. The Morgan fingerprint density at radius 1 is 0.963 bits per heavy atom. The van der Waals surface area contributed by atoms with Crippen LogP contribution in [0.25, 0.3) is 5.69 Å². The Hall–Kier alpha value is -3.34. The third kappa shape index (κ3) is 3.92. The summed E-state index contributed by atoms with van der Waals surface area (Å²) in [6.07, 6.45) is 1.54. The van der Waals surface area contributed by atoms with Crippen LogP contribution in [0.1, 0.15) is 27.0 Å². The Morgan fingerprint density at radius 3 is 2.41 bits per heavy atom. The lowest BCUT2D eigenvalue weighted by atomic mass is 10.1. The summed E-state index contributed by atoms with van der Waals surface area (Å²) < 4.78 is 6.81. The van der Waals surface area contributed by atoms with Crippen LogP contribution in [0.4, 0.5) is 5.69 Å². The maximum absolute atomic E-state index is 12.7. The highest BCUT2D eigenvalue weighted by Crippen LogP contribution is 2.23. The number of aromatic nitrogens is 1. The number of carbonyl (C=O) groups excluding carboxylic acids is 1. The van der Waals surface area contributed by atoms with Gasteiger partial charge in [0.05, 0.1) is 18.4 Å². The van der Waals surface area contributed by atoms with E-state index < -0.39 is 0 Å². The average molecular weight is 362 g/mol. The van der Waals surface area contributed by atoms with Crippen LogP contribution in [0.3, 0.4) is 0 Å². The van der Waals surface area contributed by atoms with Gasteiger partial charge in [0.1, 0.15) is 5.75 Å². The molecule has 3 rings (SSSR count). The molecule has 3 aromatic rings. The van der Waals surface area contributed by atoms with Crippen molar-refractivity contribution in [2.24, 2.45) is 0 Å². The number of carbonyl (C=O) groups is 1. The van der Waals surface area contributed by atoms with E-state index >= 15 is 0 Å². The van der Waals surface area contributed by atoms with Crippen LogP contribution < -0.4 is 15.6 Å². The first-order chi connectivity index (χ1) is 12.9. The smallest absolute Gasteiger partial charge is 0.257 e. The van der Waals surface area contributed by atoms with Gasteiger partial charge in [-0.3, -0.25) is 14.2 Å². The summed E-state index contributed by atoms with van der Waals surface area (Å²) in [6, 6.07) is 14.4. The molecule has 0 bridgehead atoms. The van der Waals surface area contributed by atoms with E-state index in [2.05, 4.69) is 5.32 Å². The summed E-state index contributed by atoms with van der Waals surface area (Å²) in [7, 11) is 1.55. The summed E-state index contributed by atoms with van der Waals surface area (Å²) >= 11 is 0. The molecule has 0 saturated heterocycles. The average Bonchev–Trinajstić information content (AvgIpc) is 2.65. The van der Waals surface area contributed by atoms with Crippen LogP contribution in [-0.4, -0.2) is 17.6 Å². The molecule has 1 amide bonds. The topological polar surface area (TPSA) is 60.3 Å². The van der Waals surface area contributed by atoms with E-state index in [1.165, 1.54) is 16.7 Å². The molecule has 0 unspecified atom stereocenters. The highest BCUT2D eigenvalue weighted by Gasteiger charge is 2.13. The van der Waals surface area contributed by atoms with Crippen molar-refractivity contribution in [3.05, 3.63) is 87.3 Å². The van der Waals surface area contributed by atoms with E-state index in [0.29, 0.717) is 17.0 Å². The van der Waals surface area contributed by atoms with Gasteiger partial charge < -0.3 is 10.1 Å². The zero-order valence-electron chi connectivity index (χ0n) is 15.9. The van der Waals surface area contributed by atoms with Crippen molar-refractivity contribution in [2.75, 3.05) is 12.4 Å². The van der Waals surface area contributed by atoms with E-state index in [4.69, 9.17) is 4.74 Å². The summed E-state index contributed by atoms with van der Waals surface area (Å²) in [5.74, 6) is 0.291. The number of amides is 1. The van der Waals surface area contributed by atoms with E-state index in [1.54, 1.807) is 19.4 Å². The maximum atomic E-state index is 12.7. The molecule has 138 valence electrons. The molecule has 1 N–H and O–H groups in total. The van der Waals surface area contributed by atoms with Crippen LogP contribution in [0.5, 0.6) is 5.75 Å². The molecule has 0 saturated carbocycles. The van der Waals surface area contributed by atoms with Crippen LogP contribution >= 0.6 is 0 Å².